The van der Waals surface area contributed by atoms with E-state index in [9.17, 15) is 0 Å². The van der Waals surface area contributed by atoms with Crippen molar-refractivity contribution in [1.29, 1.82) is 0 Å². The first-order valence-electron chi connectivity index (χ1n) is 7.09. The number of hydrogen-bond acceptors (Lipinski definition) is 4. The quantitative estimate of drug-likeness (QED) is 0.905. The molecule has 5 heteroatoms. The summed E-state index contributed by atoms with van der Waals surface area (Å²) in [6.07, 6.45) is 1.08. The molecule has 3 atom stereocenters. The lowest BCUT2D eigenvalue weighted by Gasteiger charge is -2.34. The van der Waals surface area contributed by atoms with E-state index < -0.39 is 0 Å². The normalized spacial score (nSPS) is 25.5. The third-order valence-corrected chi connectivity index (χ3v) is 6.97. The Morgan fingerprint density at radius 3 is 2.84 bits per heavy atom. The summed E-state index contributed by atoms with van der Waals surface area (Å²) in [5, 5.41) is 9.52. The standard InChI is InChI=1S/C14H25N3S2/c1-5-17-12(8-10(2)16-17)9-13(15-4)14-11(3)18-6-7-19-14/h8,11,13-15H,5-7,9H2,1-4H3. The van der Waals surface area contributed by atoms with Crippen LogP contribution in [-0.4, -0.2) is 44.9 Å². The minimum atomic E-state index is 0.536. The van der Waals surface area contributed by atoms with Crippen molar-refractivity contribution in [3.05, 3.63) is 17.5 Å². The zero-order chi connectivity index (χ0) is 13.8. The van der Waals surface area contributed by atoms with Crippen LogP contribution in [0.15, 0.2) is 6.07 Å². The molecule has 108 valence electrons. The predicted molar refractivity (Wildman–Crippen MR) is 87.4 cm³/mol. The van der Waals surface area contributed by atoms with Crippen molar-refractivity contribution < 1.29 is 0 Å². The molecule has 3 unspecified atom stereocenters. The number of rotatable bonds is 5. The van der Waals surface area contributed by atoms with Crippen LogP contribution in [0, 0.1) is 6.92 Å². The first kappa shape index (κ1) is 15.3. The van der Waals surface area contributed by atoms with Crippen LogP contribution >= 0.6 is 23.5 Å². The topological polar surface area (TPSA) is 29.9 Å². The third-order valence-electron chi connectivity index (χ3n) is 3.72. The van der Waals surface area contributed by atoms with E-state index in [0.717, 1.165) is 23.9 Å². The van der Waals surface area contributed by atoms with Gasteiger partial charge in [-0.05, 0) is 27.0 Å². The van der Waals surface area contributed by atoms with Crippen LogP contribution in [0.5, 0.6) is 0 Å². The molecule has 1 aliphatic rings. The minimum absolute atomic E-state index is 0.536. The highest BCUT2D eigenvalue weighted by atomic mass is 32.2. The highest BCUT2D eigenvalue weighted by Gasteiger charge is 2.30. The van der Waals surface area contributed by atoms with Crippen molar-refractivity contribution in [2.24, 2.45) is 0 Å². The van der Waals surface area contributed by atoms with Crippen molar-refractivity contribution in [3.63, 3.8) is 0 Å². The molecule has 3 nitrogen and oxygen atoms in total. The van der Waals surface area contributed by atoms with Crippen LogP contribution in [0.1, 0.15) is 25.2 Å². The van der Waals surface area contributed by atoms with Gasteiger partial charge in [0.2, 0.25) is 0 Å². The van der Waals surface area contributed by atoms with Gasteiger partial charge in [-0.3, -0.25) is 4.68 Å². The second-order valence-corrected chi connectivity index (χ2v) is 7.87. The zero-order valence-corrected chi connectivity index (χ0v) is 14.0. The minimum Gasteiger partial charge on any atom is -0.315 e. The van der Waals surface area contributed by atoms with Crippen LogP contribution in [0.4, 0.5) is 0 Å². The molecule has 1 aromatic rings. The maximum absolute atomic E-state index is 4.56. The van der Waals surface area contributed by atoms with Gasteiger partial charge in [0, 0.05) is 46.7 Å². The molecule has 0 bridgehead atoms. The first-order chi connectivity index (χ1) is 9.15. The fourth-order valence-electron chi connectivity index (χ4n) is 2.74. The molecule has 1 aliphatic heterocycles. The zero-order valence-electron chi connectivity index (χ0n) is 12.3. The number of nitrogens with zero attached hydrogens (tertiary/aromatic N) is 2. The van der Waals surface area contributed by atoms with Gasteiger partial charge in [0.15, 0.2) is 0 Å². The van der Waals surface area contributed by atoms with E-state index in [0.29, 0.717) is 11.3 Å². The Kier molecular flexibility index (Phi) is 5.66. The van der Waals surface area contributed by atoms with E-state index in [4.69, 9.17) is 0 Å². The summed E-state index contributed by atoms with van der Waals surface area (Å²) < 4.78 is 2.14. The van der Waals surface area contributed by atoms with E-state index in [1.165, 1.54) is 17.2 Å². The van der Waals surface area contributed by atoms with Gasteiger partial charge in [0.25, 0.3) is 0 Å². The molecule has 0 amide bonds. The highest BCUT2D eigenvalue weighted by molar-refractivity contribution is 8.07. The molecule has 0 aromatic carbocycles. The Labute approximate surface area is 125 Å². The summed E-state index contributed by atoms with van der Waals surface area (Å²) in [6.45, 7) is 7.58. The van der Waals surface area contributed by atoms with Crippen LogP contribution in [-0.2, 0) is 13.0 Å². The van der Waals surface area contributed by atoms with Crippen molar-refractivity contribution in [1.82, 2.24) is 15.1 Å². The summed E-state index contributed by atoms with van der Waals surface area (Å²) in [4.78, 5) is 0. The fourth-order valence-corrected chi connectivity index (χ4v) is 5.74. The number of aromatic nitrogens is 2. The molecule has 1 N–H and O–H groups in total. The molecular formula is C14H25N3S2. The highest BCUT2D eigenvalue weighted by Crippen LogP contribution is 2.33. The Bertz CT molecular complexity index is 405. The molecule has 19 heavy (non-hydrogen) atoms. The Morgan fingerprint density at radius 1 is 1.47 bits per heavy atom. The van der Waals surface area contributed by atoms with Crippen molar-refractivity contribution in [2.45, 2.75) is 50.3 Å². The van der Waals surface area contributed by atoms with E-state index in [1.54, 1.807) is 0 Å². The largest absolute Gasteiger partial charge is 0.315 e. The Balaban J connectivity index is 2.09. The fraction of sp³-hybridized carbons (Fsp3) is 0.786. The van der Waals surface area contributed by atoms with E-state index in [2.05, 4.69) is 72.5 Å². The predicted octanol–water partition coefficient (Wildman–Crippen LogP) is 2.58. The second-order valence-electron chi connectivity index (χ2n) is 5.10. The molecule has 0 saturated carbocycles. The average Bonchev–Trinajstić information content (AvgIpc) is 2.77. The van der Waals surface area contributed by atoms with Gasteiger partial charge >= 0.3 is 0 Å². The van der Waals surface area contributed by atoms with E-state index in [1.807, 2.05) is 0 Å². The number of nitrogens with one attached hydrogen (secondary N) is 1. The Hall–Kier alpha value is -0.130. The maximum atomic E-state index is 4.56. The molecule has 1 saturated heterocycles. The lowest BCUT2D eigenvalue weighted by atomic mass is 10.1. The molecule has 2 rings (SSSR count). The van der Waals surface area contributed by atoms with E-state index in [-0.39, 0.29) is 0 Å². The lowest BCUT2D eigenvalue weighted by molar-refractivity contribution is 0.502. The molecular weight excluding hydrogens is 274 g/mol. The van der Waals surface area contributed by atoms with Crippen LogP contribution in [0.25, 0.3) is 0 Å². The van der Waals surface area contributed by atoms with Crippen LogP contribution in [0.3, 0.4) is 0 Å². The van der Waals surface area contributed by atoms with Gasteiger partial charge < -0.3 is 5.32 Å². The van der Waals surface area contributed by atoms with Gasteiger partial charge in [0.05, 0.1) is 5.69 Å². The number of aryl methyl sites for hydroxylation is 2. The molecule has 1 fully saturated rings. The number of likely N-dealkylation sites (N-methyl/N-ethyl adjacent to an activating group) is 1. The summed E-state index contributed by atoms with van der Waals surface area (Å²) in [5.74, 6) is 2.58. The molecule has 0 aliphatic carbocycles. The third kappa shape index (κ3) is 3.70. The van der Waals surface area contributed by atoms with Gasteiger partial charge in [-0.2, -0.15) is 28.6 Å². The van der Waals surface area contributed by atoms with Crippen LogP contribution < -0.4 is 5.32 Å². The average molecular weight is 300 g/mol. The van der Waals surface area contributed by atoms with Crippen molar-refractivity contribution in [3.8, 4) is 0 Å². The van der Waals surface area contributed by atoms with Gasteiger partial charge in [-0.1, -0.05) is 6.92 Å². The van der Waals surface area contributed by atoms with Crippen molar-refractivity contribution in [2.75, 3.05) is 18.6 Å². The van der Waals surface area contributed by atoms with Gasteiger partial charge in [-0.15, -0.1) is 0 Å². The monoisotopic (exact) mass is 299 g/mol. The summed E-state index contributed by atoms with van der Waals surface area (Å²) in [7, 11) is 2.09. The van der Waals surface area contributed by atoms with Gasteiger partial charge in [-0.25, -0.2) is 0 Å². The van der Waals surface area contributed by atoms with Crippen molar-refractivity contribution >= 4 is 23.5 Å². The van der Waals surface area contributed by atoms with Crippen LogP contribution in [0.2, 0.25) is 0 Å². The number of hydrogen-bond donors (Lipinski definition) is 1. The van der Waals surface area contributed by atoms with E-state index >= 15 is 0 Å². The second kappa shape index (κ2) is 7.04. The molecule has 0 spiro atoms. The SMILES string of the molecule is CCn1nc(C)cc1CC(NC)C1SCCSC1C. The summed E-state index contributed by atoms with van der Waals surface area (Å²) >= 11 is 4.24. The molecule has 2 heterocycles. The molecule has 1 aromatic heterocycles. The Morgan fingerprint density at radius 2 is 2.21 bits per heavy atom. The maximum Gasteiger partial charge on any atom is 0.0596 e. The first-order valence-corrected chi connectivity index (χ1v) is 9.19. The number of thioether (sulfide) groups is 2. The summed E-state index contributed by atoms with van der Waals surface area (Å²) in [5.41, 5.74) is 2.49. The smallest absolute Gasteiger partial charge is 0.0596 e. The lowest BCUT2D eigenvalue weighted by Crippen LogP contribution is -2.44. The van der Waals surface area contributed by atoms with Gasteiger partial charge in [0.1, 0.15) is 0 Å². The summed E-state index contributed by atoms with van der Waals surface area (Å²) in [6, 6.07) is 2.77. The molecule has 0 radical (unpaired) electrons.